The molecule has 0 radical (unpaired) electrons. The molecule has 0 amide bonds. The van der Waals surface area contributed by atoms with Crippen LogP contribution >= 0.6 is 0 Å². The van der Waals surface area contributed by atoms with Crippen molar-refractivity contribution in [3.63, 3.8) is 0 Å². The molecule has 0 heterocycles. The first-order valence-electron chi connectivity index (χ1n) is 23.2. The lowest BCUT2D eigenvalue weighted by Gasteiger charge is -2.20. The van der Waals surface area contributed by atoms with Crippen LogP contribution in [-0.4, -0.2) is 74.1 Å². The second-order valence-corrected chi connectivity index (χ2v) is 17.7. The Morgan fingerprint density at radius 1 is 0.493 bits per heavy atom. The molecule has 21 nitrogen and oxygen atoms in total. The topological polar surface area (TPSA) is 335 Å². The van der Waals surface area contributed by atoms with E-state index < -0.39 is 51.7 Å². The molecule has 0 aromatic heterocycles. The number of benzene rings is 6. The van der Waals surface area contributed by atoms with E-state index in [1.54, 1.807) is 72.8 Å². The summed E-state index contributed by atoms with van der Waals surface area (Å²) < 4.78 is 95.7. The molecule has 0 bridgehead atoms. The predicted octanol–water partition coefficient (Wildman–Crippen LogP) is 10.4. The lowest BCUT2D eigenvalue weighted by atomic mass is 10.1. The van der Waals surface area contributed by atoms with Crippen LogP contribution in [0.1, 0.15) is 90.4 Å². The monoisotopic (exact) mass is 1090 g/mol. The van der Waals surface area contributed by atoms with Crippen molar-refractivity contribution in [1.29, 1.82) is 0 Å². The first-order chi connectivity index (χ1) is 36.0. The fraction of sp³-hybridized carbons (Fsp3) is 0.235. The van der Waals surface area contributed by atoms with E-state index in [9.17, 15) is 45.8 Å². The summed E-state index contributed by atoms with van der Waals surface area (Å²) in [6.07, 6.45) is 5.39. The van der Waals surface area contributed by atoms with Crippen molar-refractivity contribution in [3.8, 4) is 34.5 Å². The van der Waals surface area contributed by atoms with Gasteiger partial charge in [0.1, 0.15) is 17.2 Å². The van der Waals surface area contributed by atoms with Crippen molar-refractivity contribution in [2.45, 2.75) is 59.3 Å². The fourth-order valence-corrected chi connectivity index (χ4v) is 7.37. The van der Waals surface area contributed by atoms with Crippen LogP contribution in [0, 0.1) is 0 Å². The molecule has 75 heavy (non-hydrogen) atoms. The van der Waals surface area contributed by atoms with E-state index in [0.29, 0.717) is 54.1 Å². The van der Waals surface area contributed by atoms with E-state index in [2.05, 4.69) is 31.7 Å². The highest BCUT2D eigenvalue weighted by Crippen LogP contribution is 2.41. The summed E-state index contributed by atoms with van der Waals surface area (Å²) >= 11 is -7.85. The molecule has 0 saturated carbocycles. The summed E-state index contributed by atoms with van der Waals surface area (Å²) in [5.74, 6) is -0.867. The smallest absolute Gasteiger partial charge is 0.338 e. The predicted molar refractivity (Wildman–Crippen MR) is 287 cm³/mol. The lowest BCUT2D eigenvalue weighted by molar-refractivity contribution is 0.0498. The van der Waals surface area contributed by atoms with E-state index in [-0.39, 0.29) is 50.9 Å². The van der Waals surface area contributed by atoms with Crippen LogP contribution in [0.2, 0.25) is 0 Å². The zero-order valence-corrected chi connectivity index (χ0v) is 43.4. The number of carbonyl (C=O) groups is 3. The van der Waals surface area contributed by atoms with Crippen molar-refractivity contribution in [3.05, 3.63) is 144 Å². The molecule has 0 saturated heterocycles. The molecule has 9 N–H and O–H groups in total. The van der Waals surface area contributed by atoms with E-state index >= 15 is 0 Å². The molecule has 0 fully saturated rings. The second kappa shape index (κ2) is 31.8. The van der Waals surface area contributed by atoms with Gasteiger partial charge in [-0.3, -0.25) is 12.6 Å². The largest absolute Gasteiger partial charge is 0.755 e. The molecule has 24 heteroatoms. The Hall–Kier alpha value is -7.74. The Morgan fingerprint density at radius 3 is 1.20 bits per heavy atom. The molecule has 6 aromatic rings. The van der Waals surface area contributed by atoms with E-state index in [4.69, 9.17) is 29.8 Å². The minimum absolute atomic E-state index is 0.00621. The van der Waals surface area contributed by atoms with Gasteiger partial charge in [0.25, 0.3) is 0 Å². The van der Waals surface area contributed by atoms with Crippen molar-refractivity contribution >= 4 is 85.8 Å². The third-order valence-electron chi connectivity index (χ3n) is 9.92. The van der Waals surface area contributed by atoms with Crippen LogP contribution in [-0.2, 0) is 38.5 Å². The first kappa shape index (κ1) is 59.8. The Bertz CT molecular complexity index is 2870. The number of hydrogen-bond donors (Lipinski definition) is 8. The number of anilines is 6. The highest BCUT2D eigenvalue weighted by atomic mass is 32.2. The summed E-state index contributed by atoms with van der Waals surface area (Å²) in [5.41, 5.74) is 6.88. The van der Waals surface area contributed by atoms with E-state index in [1.807, 2.05) is 38.1 Å². The van der Waals surface area contributed by atoms with Gasteiger partial charge >= 0.3 is 17.9 Å². The molecule has 6 rings (SSSR count). The number of hydrogen-bond acceptors (Lipinski definition) is 16. The number of aromatic carboxylic acids is 2. The van der Waals surface area contributed by atoms with Crippen LogP contribution in [0.5, 0.6) is 34.5 Å². The van der Waals surface area contributed by atoms with Gasteiger partial charge in [-0.05, 0) is 92.1 Å². The lowest BCUT2D eigenvalue weighted by Crippen LogP contribution is -2.12. The minimum Gasteiger partial charge on any atom is -0.755 e. The molecule has 0 aliphatic rings. The van der Waals surface area contributed by atoms with Crippen LogP contribution < -0.4 is 44.7 Å². The number of esters is 1. The van der Waals surface area contributed by atoms with Crippen LogP contribution in [0.3, 0.4) is 0 Å². The summed E-state index contributed by atoms with van der Waals surface area (Å²) in [5, 5.41) is 24.6. The van der Waals surface area contributed by atoms with Gasteiger partial charge in [-0.1, -0.05) is 94.6 Å². The van der Waals surface area contributed by atoms with Crippen molar-refractivity contribution < 1.29 is 69.8 Å². The maximum absolute atomic E-state index is 12.4. The molecule has 402 valence electrons. The number of para-hydroxylation sites is 3. The van der Waals surface area contributed by atoms with E-state index in [1.165, 1.54) is 24.3 Å². The highest BCUT2D eigenvalue weighted by molar-refractivity contribution is 7.81. The maximum atomic E-state index is 12.4. The third-order valence-corrected chi connectivity index (χ3v) is 11.1. The van der Waals surface area contributed by atoms with Gasteiger partial charge in [-0.25, -0.2) is 14.4 Å². The molecular formula is C51H57N6O15S3-3. The number of nitrogen functional groups attached to an aromatic ring is 1. The average Bonchev–Trinajstić information content (AvgIpc) is 3.37. The maximum Gasteiger partial charge on any atom is 0.338 e. The summed E-state index contributed by atoms with van der Waals surface area (Å²) in [7, 11) is 0. The van der Waals surface area contributed by atoms with Crippen LogP contribution in [0.4, 0.5) is 34.1 Å². The number of ether oxygens (including phenoxy) is 4. The molecule has 0 spiro atoms. The molecule has 3 atom stereocenters. The molecule has 6 aromatic carbocycles. The standard InChI is InChI=1S/C21H28N2O5S.C17H20N2O5S.C13H12N2O5S/c1-3-5-12-22-18-14-16(21(24)27-13-6-4-2)15-19(23-29(25)26)20(18)28-17-10-8-7-9-11-17;1-2-3-9-18-14-10-12(17(20)21)11-15(19-25(22)23)16(14)24-13-7-5-4-6-8-13;14-10-6-8(13(16)17)7-11(15-21(18)19)12(10)20-9-4-2-1-3-5-9/h7-11,14-15,22-23H,3-6,12-13H2,1-2H3,(H,25,26);4-8,10-11,18-19H,2-3,9H2,1H3,(H,20,21)(H,22,23);1-7,15H,14H2,(H,16,17)(H,18,19)/p-3. The zero-order chi connectivity index (χ0) is 54.7. The molecular weight excluding hydrogens is 1030 g/mol. The molecule has 0 aliphatic carbocycles. The van der Waals surface area contributed by atoms with Crippen molar-refractivity contribution in [2.24, 2.45) is 0 Å². The van der Waals surface area contributed by atoms with Gasteiger partial charge < -0.3 is 73.4 Å². The van der Waals surface area contributed by atoms with Gasteiger partial charge in [0.05, 0.1) is 57.4 Å². The highest BCUT2D eigenvalue weighted by Gasteiger charge is 2.20. The number of unbranched alkanes of at least 4 members (excludes halogenated alkanes) is 3. The Balaban J connectivity index is 0.000000246. The van der Waals surface area contributed by atoms with E-state index in [0.717, 1.165) is 44.6 Å². The molecule has 3 unspecified atom stereocenters. The number of carboxylic acids is 2. The minimum atomic E-state index is -2.64. The Morgan fingerprint density at radius 2 is 0.827 bits per heavy atom. The Kier molecular flexibility index (Phi) is 25.3. The summed E-state index contributed by atoms with van der Waals surface area (Å²) in [6.45, 7) is 7.67. The number of rotatable bonds is 26. The van der Waals surface area contributed by atoms with Crippen LogP contribution in [0.15, 0.2) is 127 Å². The number of nitrogens with two attached hydrogens (primary N) is 1. The van der Waals surface area contributed by atoms with Gasteiger partial charge in [-0.15, -0.1) is 0 Å². The summed E-state index contributed by atoms with van der Waals surface area (Å²) in [6, 6.07) is 34.4. The normalized spacial score (nSPS) is 11.6. The van der Waals surface area contributed by atoms with Crippen molar-refractivity contribution in [2.75, 3.05) is 50.2 Å². The average molecular weight is 1090 g/mol. The molecule has 0 aliphatic heterocycles. The third kappa shape index (κ3) is 20.6. The quantitative estimate of drug-likeness (QED) is 0.0108. The zero-order valence-electron chi connectivity index (χ0n) is 41.0. The number of carbonyl (C=O) groups excluding carboxylic acids is 1. The SMILES string of the molecule is CCCCNc1cc(C(=O)O)cc(NS(=O)[O-])c1Oc1ccccc1.CCCCNc1cc(C(=O)OCCCC)cc(NS(=O)[O-])c1Oc1ccccc1.Nc1cc(C(=O)O)cc(NS(=O)[O-])c1Oc1ccccc1. The fourth-order valence-electron chi connectivity index (χ4n) is 6.38. The van der Waals surface area contributed by atoms with Crippen LogP contribution in [0.25, 0.3) is 0 Å². The number of nitrogens with one attached hydrogen (secondary N) is 5. The first-order valence-corrected chi connectivity index (χ1v) is 26.4. The van der Waals surface area contributed by atoms with Gasteiger partial charge in [-0.2, -0.15) is 0 Å². The van der Waals surface area contributed by atoms with Gasteiger partial charge in [0, 0.05) is 46.9 Å². The summed E-state index contributed by atoms with van der Waals surface area (Å²) in [4.78, 5) is 34.8. The van der Waals surface area contributed by atoms with Crippen molar-refractivity contribution in [1.82, 2.24) is 0 Å². The van der Waals surface area contributed by atoms with Gasteiger partial charge in [0.15, 0.2) is 17.2 Å². The second-order valence-electron chi connectivity index (χ2n) is 15.7. The van der Waals surface area contributed by atoms with Gasteiger partial charge in [0.2, 0.25) is 0 Å². The number of carboxylic acid groups (broad SMARTS) is 2. The Labute approximate surface area is 441 Å².